The Morgan fingerprint density at radius 1 is 1.38 bits per heavy atom. The summed E-state index contributed by atoms with van der Waals surface area (Å²) in [4.78, 5) is 11.6. The molecule has 0 aliphatic heterocycles. The molecule has 0 fully saturated rings. The van der Waals surface area contributed by atoms with E-state index >= 15 is 0 Å². The van der Waals surface area contributed by atoms with Crippen molar-refractivity contribution < 1.29 is 22.8 Å². The van der Waals surface area contributed by atoms with Gasteiger partial charge in [0, 0.05) is 14.2 Å². The Morgan fingerprint density at radius 3 is 2.25 bits per heavy atom. The molecule has 16 heavy (non-hydrogen) atoms. The molecule has 0 bridgehead atoms. The van der Waals surface area contributed by atoms with Crippen LogP contribution in [0.2, 0.25) is 0 Å². The molecule has 0 aromatic rings. The summed E-state index contributed by atoms with van der Waals surface area (Å²) in [7, 11) is -1.10. The molecule has 0 saturated carbocycles. The van der Waals surface area contributed by atoms with E-state index in [2.05, 4.69) is 9.05 Å². The van der Waals surface area contributed by atoms with E-state index in [9.17, 15) is 13.8 Å². The molecule has 0 aromatic heterocycles. The first-order chi connectivity index (χ1) is 7.31. The highest BCUT2D eigenvalue weighted by molar-refractivity contribution is 7.54. The van der Waals surface area contributed by atoms with E-state index in [-0.39, 0.29) is 6.42 Å². The average Bonchev–Trinajstić information content (AvgIpc) is 2.26. The highest BCUT2D eigenvalue weighted by Gasteiger charge is 2.37. The second kappa shape index (κ2) is 6.48. The van der Waals surface area contributed by atoms with Gasteiger partial charge in [-0.15, -0.1) is 0 Å². The van der Waals surface area contributed by atoms with Gasteiger partial charge in [-0.25, -0.2) is 4.39 Å². The first-order valence-corrected chi connectivity index (χ1v) is 6.97. The van der Waals surface area contributed by atoms with Gasteiger partial charge in [-0.2, -0.15) is 0 Å². The molecule has 0 heterocycles. The number of carbonyl (C=O) groups is 1. The molecule has 1 atom stereocenters. The summed E-state index contributed by atoms with van der Waals surface area (Å²) in [5.41, 5.74) is -1.96. The van der Waals surface area contributed by atoms with E-state index in [0.29, 0.717) is 6.42 Å². The highest BCUT2D eigenvalue weighted by atomic mass is 31.2. The van der Waals surface area contributed by atoms with Crippen LogP contribution in [0.3, 0.4) is 0 Å². The number of carbonyl (C=O) groups excluding carboxylic acids is 1. The van der Waals surface area contributed by atoms with Gasteiger partial charge in [-0.1, -0.05) is 19.8 Å². The number of alkyl halides is 1. The van der Waals surface area contributed by atoms with E-state index in [1.54, 1.807) is 0 Å². The fourth-order valence-electron chi connectivity index (χ4n) is 1.19. The third kappa shape index (κ3) is 4.73. The molecule has 0 spiro atoms. The van der Waals surface area contributed by atoms with Crippen molar-refractivity contribution >= 4 is 13.4 Å². The van der Waals surface area contributed by atoms with Gasteiger partial charge in [-0.05, 0) is 13.3 Å². The minimum atomic E-state index is -3.46. The summed E-state index contributed by atoms with van der Waals surface area (Å²) in [5, 5.41) is 0. The fraction of sp³-hybridized carbons (Fsp3) is 0.900. The van der Waals surface area contributed by atoms with Crippen molar-refractivity contribution in [3.05, 3.63) is 0 Å². The molecule has 0 saturated heterocycles. The van der Waals surface area contributed by atoms with E-state index in [0.717, 1.165) is 6.42 Å². The van der Waals surface area contributed by atoms with Crippen molar-refractivity contribution in [1.82, 2.24) is 0 Å². The Morgan fingerprint density at radius 2 is 1.88 bits per heavy atom. The molecule has 0 aromatic carbocycles. The third-order valence-corrected chi connectivity index (χ3v) is 4.26. The van der Waals surface area contributed by atoms with Crippen molar-refractivity contribution in [2.24, 2.45) is 0 Å². The van der Waals surface area contributed by atoms with Crippen molar-refractivity contribution in [2.75, 3.05) is 20.4 Å². The van der Waals surface area contributed by atoms with Gasteiger partial charge in [0.1, 0.15) is 6.16 Å². The second-order valence-electron chi connectivity index (χ2n) is 3.86. The minimum absolute atomic E-state index is 0.135. The SMILES string of the molecule is CCCC[C@@](C)(F)C(=O)CP(=O)(OC)OC. The largest absolute Gasteiger partial charge is 0.337 e. The van der Waals surface area contributed by atoms with Gasteiger partial charge >= 0.3 is 7.60 Å². The van der Waals surface area contributed by atoms with Crippen LogP contribution in [0.25, 0.3) is 0 Å². The van der Waals surface area contributed by atoms with Crippen LogP contribution in [0.15, 0.2) is 0 Å². The minimum Gasteiger partial charge on any atom is -0.312 e. The van der Waals surface area contributed by atoms with Crippen LogP contribution >= 0.6 is 7.60 Å². The summed E-state index contributed by atoms with van der Waals surface area (Å²) in [6.45, 7) is 3.12. The molecular formula is C10H20FO4P. The second-order valence-corrected chi connectivity index (χ2v) is 6.13. The van der Waals surface area contributed by atoms with Gasteiger partial charge in [0.15, 0.2) is 11.5 Å². The summed E-state index contributed by atoms with van der Waals surface area (Å²) in [6, 6.07) is 0. The molecule has 4 nitrogen and oxygen atoms in total. The van der Waals surface area contributed by atoms with Gasteiger partial charge < -0.3 is 9.05 Å². The average molecular weight is 254 g/mol. The molecule has 0 radical (unpaired) electrons. The van der Waals surface area contributed by atoms with Crippen LogP contribution in [-0.4, -0.2) is 31.8 Å². The van der Waals surface area contributed by atoms with E-state index < -0.39 is 25.2 Å². The van der Waals surface area contributed by atoms with Crippen LogP contribution in [0.5, 0.6) is 0 Å². The lowest BCUT2D eigenvalue weighted by molar-refractivity contribution is -0.127. The monoisotopic (exact) mass is 254 g/mol. The molecule has 0 aliphatic carbocycles. The molecular weight excluding hydrogens is 234 g/mol. The Labute approximate surface area is 96.0 Å². The lowest BCUT2D eigenvalue weighted by atomic mass is 9.97. The van der Waals surface area contributed by atoms with E-state index in [1.165, 1.54) is 21.1 Å². The van der Waals surface area contributed by atoms with Crippen molar-refractivity contribution in [3.8, 4) is 0 Å². The van der Waals surface area contributed by atoms with Crippen LogP contribution in [-0.2, 0) is 18.4 Å². The zero-order valence-electron chi connectivity index (χ0n) is 10.3. The summed E-state index contributed by atoms with van der Waals surface area (Å²) >= 11 is 0. The molecule has 0 unspecified atom stereocenters. The molecule has 0 rings (SSSR count). The van der Waals surface area contributed by atoms with Gasteiger partial charge in [0.05, 0.1) is 0 Å². The predicted molar refractivity (Wildman–Crippen MR) is 60.5 cm³/mol. The maximum Gasteiger partial charge on any atom is 0.337 e. The Balaban J connectivity index is 4.50. The van der Waals surface area contributed by atoms with Crippen LogP contribution < -0.4 is 0 Å². The number of hydrogen-bond acceptors (Lipinski definition) is 4. The van der Waals surface area contributed by atoms with Crippen molar-refractivity contribution in [2.45, 2.75) is 38.8 Å². The molecule has 6 heteroatoms. The smallest absolute Gasteiger partial charge is 0.312 e. The highest BCUT2D eigenvalue weighted by Crippen LogP contribution is 2.47. The van der Waals surface area contributed by atoms with Crippen molar-refractivity contribution in [3.63, 3.8) is 0 Å². The maximum atomic E-state index is 13.9. The quantitative estimate of drug-likeness (QED) is 0.625. The zero-order valence-corrected chi connectivity index (χ0v) is 11.2. The van der Waals surface area contributed by atoms with E-state index in [4.69, 9.17) is 0 Å². The fourth-order valence-corrected chi connectivity index (χ4v) is 2.28. The molecule has 0 aliphatic rings. The summed E-state index contributed by atoms with van der Waals surface area (Å²) in [5.74, 6) is -0.729. The van der Waals surface area contributed by atoms with Crippen LogP contribution in [0.4, 0.5) is 4.39 Å². The standard InChI is InChI=1S/C10H20FO4P/c1-5-6-7-10(2,11)9(12)8-16(13,14-3)15-4/h5-8H2,1-4H3/t10-/m1/s1. The van der Waals surface area contributed by atoms with Gasteiger partial charge in [-0.3, -0.25) is 9.36 Å². The first-order valence-electron chi connectivity index (χ1n) is 5.24. The number of unbranched alkanes of at least 4 members (excludes halogenated alkanes) is 1. The number of halogens is 1. The van der Waals surface area contributed by atoms with Gasteiger partial charge in [0.25, 0.3) is 0 Å². The third-order valence-electron chi connectivity index (χ3n) is 2.47. The number of hydrogen-bond donors (Lipinski definition) is 0. The lowest BCUT2D eigenvalue weighted by Crippen LogP contribution is -2.33. The molecule has 0 N–H and O–H groups in total. The van der Waals surface area contributed by atoms with Gasteiger partial charge in [0.2, 0.25) is 0 Å². The number of Topliss-reactive ketones (excluding diaryl/α,β-unsaturated/α-hetero) is 1. The van der Waals surface area contributed by atoms with Crippen LogP contribution in [0.1, 0.15) is 33.1 Å². The Hall–Kier alpha value is -0.250. The molecule has 96 valence electrons. The normalized spacial score (nSPS) is 15.8. The first kappa shape index (κ1) is 15.8. The van der Waals surface area contributed by atoms with Crippen LogP contribution in [0, 0.1) is 0 Å². The van der Waals surface area contributed by atoms with E-state index in [1.807, 2.05) is 6.92 Å². The predicted octanol–water partition coefficient (Wildman–Crippen LogP) is 2.96. The topological polar surface area (TPSA) is 52.6 Å². The number of ketones is 1. The number of rotatable bonds is 8. The summed E-state index contributed by atoms with van der Waals surface area (Å²) < 4.78 is 34.7. The zero-order chi connectivity index (χ0) is 12.8. The summed E-state index contributed by atoms with van der Waals surface area (Å²) in [6.07, 6.45) is 1.04. The maximum absolute atomic E-state index is 13.9. The van der Waals surface area contributed by atoms with Crippen molar-refractivity contribution in [1.29, 1.82) is 0 Å². The lowest BCUT2D eigenvalue weighted by Gasteiger charge is -2.21. The Bertz CT molecular complexity index is 270. The molecule has 0 amide bonds. The Kier molecular flexibility index (Phi) is 6.38.